The van der Waals surface area contributed by atoms with Crippen molar-refractivity contribution in [1.82, 2.24) is 0 Å². The molecule has 1 aromatic carbocycles. The highest BCUT2D eigenvalue weighted by atomic mass is 16.7. The van der Waals surface area contributed by atoms with E-state index in [1.54, 1.807) is 6.92 Å². The minimum atomic E-state index is -0.483. The molecule has 0 fully saturated rings. The number of anilines is 1. The lowest BCUT2D eigenvalue weighted by Crippen LogP contribution is -2.29. The maximum Gasteiger partial charge on any atom is 0.346 e. The van der Waals surface area contributed by atoms with Crippen LogP contribution in [-0.4, -0.2) is 12.0 Å². The SMILES string of the molecule is CC(Nc1ccccc1)C(=O)ON. The molecule has 0 aliphatic rings. The molecule has 70 valence electrons. The number of hydrogen-bond donors (Lipinski definition) is 2. The zero-order valence-electron chi connectivity index (χ0n) is 7.36. The average Bonchev–Trinajstić information content (AvgIpc) is 2.18. The summed E-state index contributed by atoms with van der Waals surface area (Å²) in [7, 11) is 0. The highest BCUT2D eigenvalue weighted by Crippen LogP contribution is 2.06. The molecule has 0 saturated carbocycles. The second-order valence-electron chi connectivity index (χ2n) is 2.67. The Bertz CT molecular complexity index is 274. The van der Waals surface area contributed by atoms with E-state index in [2.05, 4.69) is 10.2 Å². The third-order valence-electron chi connectivity index (χ3n) is 1.63. The fraction of sp³-hybridized carbons (Fsp3) is 0.222. The van der Waals surface area contributed by atoms with Gasteiger partial charge in [-0.3, -0.25) is 0 Å². The van der Waals surface area contributed by atoms with Gasteiger partial charge in [-0.2, -0.15) is 5.90 Å². The monoisotopic (exact) mass is 180 g/mol. The van der Waals surface area contributed by atoms with Gasteiger partial charge in [0.2, 0.25) is 0 Å². The molecule has 0 heterocycles. The molecule has 0 amide bonds. The fourth-order valence-corrected chi connectivity index (χ4v) is 0.945. The Labute approximate surface area is 76.6 Å². The van der Waals surface area contributed by atoms with Crippen LogP contribution in [0.25, 0.3) is 0 Å². The van der Waals surface area contributed by atoms with Crippen molar-refractivity contribution in [3.63, 3.8) is 0 Å². The maximum absolute atomic E-state index is 10.9. The van der Waals surface area contributed by atoms with Gasteiger partial charge in [-0.1, -0.05) is 18.2 Å². The molecule has 13 heavy (non-hydrogen) atoms. The summed E-state index contributed by atoms with van der Waals surface area (Å²) in [6.45, 7) is 1.68. The number of benzene rings is 1. The van der Waals surface area contributed by atoms with Crippen molar-refractivity contribution < 1.29 is 9.63 Å². The molecule has 0 radical (unpaired) electrons. The molecule has 1 aromatic rings. The second kappa shape index (κ2) is 4.47. The maximum atomic E-state index is 10.9. The number of nitrogens with one attached hydrogen (secondary N) is 1. The first-order chi connectivity index (χ1) is 6.24. The zero-order chi connectivity index (χ0) is 9.68. The van der Waals surface area contributed by atoms with Crippen LogP contribution in [0.4, 0.5) is 5.69 Å². The standard InChI is InChI=1S/C9H12N2O2/c1-7(9(12)13-10)11-8-5-3-2-4-6-8/h2-7,11H,10H2,1H3. The van der Waals surface area contributed by atoms with Crippen LogP contribution in [0, 0.1) is 0 Å². The van der Waals surface area contributed by atoms with Gasteiger partial charge in [-0.15, -0.1) is 0 Å². The summed E-state index contributed by atoms with van der Waals surface area (Å²) in [6, 6.07) is 8.94. The quantitative estimate of drug-likeness (QED) is 0.678. The van der Waals surface area contributed by atoms with Gasteiger partial charge in [-0.05, 0) is 19.1 Å². The van der Waals surface area contributed by atoms with Crippen LogP contribution in [0.2, 0.25) is 0 Å². The predicted molar refractivity (Wildman–Crippen MR) is 49.8 cm³/mol. The first kappa shape index (κ1) is 9.54. The summed E-state index contributed by atoms with van der Waals surface area (Å²) < 4.78 is 0. The van der Waals surface area contributed by atoms with Crippen molar-refractivity contribution >= 4 is 11.7 Å². The average molecular weight is 180 g/mol. The Morgan fingerprint density at radius 3 is 2.62 bits per heavy atom. The summed E-state index contributed by atoms with van der Waals surface area (Å²) in [5.41, 5.74) is 0.861. The Morgan fingerprint density at radius 1 is 1.46 bits per heavy atom. The molecule has 0 aromatic heterocycles. The van der Waals surface area contributed by atoms with Gasteiger partial charge < -0.3 is 10.2 Å². The number of para-hydroxylation sites is 1. The number of carbonyl (C=O) groups is 1. The minimum absolute atomic E-state index is 0.438. The highest BCUT2D eigenvalue weighted by Gasteiger charge is 2.12. The normalized spacial score (nSPS) is 11.8. The van der Waals surface area contributed by atoms with Crippen LogP contribution < -0.4 is 11.2 Å². The molecule has 0 spiro atoms. The Balaban J connectivity index is 2.55. The van der Waals surface area contributed by atoms with Crippen LogP contribution in [0.1, 0.15) is 6.92 Å². The lowest BCUT2D eigenvalue weighted by Gasteiger charge is -2.11. The molecule has 3 N–H and O–H groups in total. The van der Waals surface area contributed by atoms with E-state index < -0.39 is 12.0 Å². The van der Waals surface area contributed by atoms with Crippen LogP contribution in [-0.2, 0) is 9.63 Å². The smallest absolute Gasteiger partial charge is 0.346 e. The summed E-state index contributed by atoms with van der Waals surface area (Å²) >= 11 is 0. The topological polar surface area (TPSA) is 64.3 Å². The van der Waals surface area contributed by atoms with E-state index in [-0.39, 0.29) is 0 Å². The first-order valence-corrected chi connectivity index (χ1v) is 3.96. The molecule has 0 bridgehead atoms. The third-order valence-corrected chi connectivity index (χ3v) is 1.63. The van der Waals surface area contributed by atoms with Gasteiger partial charge in [0.25, 0.3) is 0 Å². The molecule has 0 aliphatic heterocycles. The van der Waals surface area contributed by atoms with Crippen molar-refractivity contribution in [3.8, 4) is 0 Å². The molecule has 4 heteroatoms. The molecule has 4 nitrogen and oxygen atoms in total. The van der Waals surface area contributed by atoms with Crippen LogP contribution in [0.3, 0.4) is 0 Å². The number of carbonyl (C=O) groups excluding carboxylic acids is 1. The fourth-order valence-electron chi connectivity index (χ4n) is 0.945. The molecule has 1 unspecified atom stereocenters. The van der Waals surface area contributed by atoms with Gasteiger partial charge in [0.15, 0.2) is 0 Å². The lowest BCUT2D eigenvalue weighted by molar-refractivity contribution is -0.144. The molecule has 1 rings (SSSR count). The second-order valence-corrected chi connectivity index (χ2v) is 2.67. The van der Waals surface area contributed by atoms with Crippen molar-refractivity contribution in [3.05, 3.63) is 30.3 Å². The molecular weight excluding hydrogens is 168 g/mol. The van der Waals surface area contributed by atoms with E-state index in [9.17, 15) is 4.79 Å². The zero-order valence-corrected chi connectivity index (χ0v) is 7.36. The van der Waals surface area contributed by atoms with Crippen LogP contribution in [0.15, 0.2) is 30.3 Å². The van der Waals surface area contributed by atoms with Gasteiger partial charge in [0.1, 0.15) is 6.04 Å². The summed E-state index contributed by atoms with van der Waals surface area (Å²) in [6.07, 6.45) is 0. The van der Waals surface area contributed by atoms with E-state index in [4.69, 9.17) is 5.90 Å². The van der Waals surface area contributed by atoms with Crippen molar-refractivity contribution in [1.29, 1.82) is 0 Å². The Morgan fingerprint density at radius 2 is 2.08 bits per heavy atom. The van der Waals surface area contributed by atoms with Gasteiger partial charge in [-0.25, -0.2) is 4.79 Å². The number of nitrogens with two attached hydrogens (primary N) is 1. The molecular formula is C9H12N2O2. The largest absolute Gasteiger partial charge is 0.372 e. The van der Waals surface area contributed by atoms with Crippen molar-refractivity contribution in [2.24, 2.45) is 5.90 Å². The third kappa shape index (κ3) is 2.76. The lowest BCUT2D eigenvalue weighted by atomic mass is 10.3. The van der Waals surface area contributed by atoms with Crippen molar-refractivity contribution in [2.75, 3.05) is 5.32 Å². The van der Waals surface area contributed by atoms with Crippen LogP contribution >= 0.6 is 0 Å². The first-order valence-electron chi connectivity index (χ1n) is 3.96. The number of rotatable bonds is 3. The number of hydrogen-bond acceptors (Lipinski definition) is 4. The van der Waals surface area contributed by atoms with Gasteiger partial charge in [0, 0.05) is 5.69 Å². The van der Waals surface area contributed by atoms with Gasteiger partial charge in [0.05, 0.1) is 0 Å². The van der Waals surface area contributed by atoms with E-state index in [0.717, 1.165) is 5.69 Å². The Kier molecular flexibility index (Phi) is 3.28. The van der Waals surface area contributed by atoms with E-state index in [0.29, 0.717) is 0 Å². The minimum Gasteiger partial charge on any atom is -0.372 e. The van der Waals surface area contributed by atoms with Gasteiger partial charge >= 0.3 is 5.97 Å². The molecule has 0 saturated heterocycles. The van der Waals surface area contributed by atoms with E-state index in [1.165, 1.54) is 0 Å². The Hall–Kier alpha value is -1.55. The summed E-state index contributed by atoms with van der Waals surface area (Å²) in [5, 5.41) is 2.94. The van der Waals surface area contributed by atoms with Crippen LogP contribution in [0.5, 0.6) is 0 Å². The summed E-state index contributed by atoms with van der Waals surface area (Å²) in [5.74, 6) is 4.25. The molecule has 1 atom stereocenters. The highest BCUT2D eigenvalue weighted by molar-refractivity contribution is 5.78. The van der Waals surface area contributed by atoms with Crippen molar-refractivity contribution in [2.45, 2.75) is 13.0 Å². The predicted octanol–water partition coefficient (Wildman–Crippen LogP) is 0.904. The van der Waals surface area contributed by atoms with E-state index in [1.807, 2.05) is 30.3 Å². The molecule has 0 aliphatic carbocycles. The summed E-state index contributed by atoms with van der Waals surface area (Å²) in [4.78, 5) is 15.0. The van der Waals surface area contributed by atoms with E-state index >= 15 is 0 Å².